The van der Waals surface area contributed by atoms with Crippen molar-refractivity contribution in [3.05, 3.63) is 41.6 Å². The SMILES string of the molecule is Cc1ncccc1Oc1ncnc(CC2C3CCC2CNC3)c1C. The maximum absolute atomic E-state index is 6.01. The van der Waals surface area contributed by atoms with Crippen LogP contribution in [0.2, 0.25) is 0 Å². The first-order chi connectivity index (χ1) is 11.7. The lowest BCUT2D eigenvalue weighted by Gasteiger charge is -2.31. The molecule has 0 aromatic carbocycles. The molecule has 4 rings (SSSR count). The molecule has 2 aromatic heterocycles. The zero-order valence-corrected chi connectivity index (χ0v) is 14.3. The van der Waals surface area contributed by atoms with Crippen LogP contribution in [0.25, 0.3) is 0 Å². The van der Waals surface area contributed by atoms with Gasteiger partial charge in [0.2, 0.25) is 5.88 Å². The van der Waals surface area contributed by atoms with E-state index in [1.165, 1.54) is 12.8 Å². The molecule has 2 bridgehead atoms. The van der Waals surface area contributed by atoms with Gasteiger partial charge in [-0.25, -0.2) is 9.97 Å². The highest BCUT2D eigenvalue weighted by Crippen LogP contribution is 2.41. The van der Waals surface area contributed by atoms with Gasteiger partial charge in [0.25, 0.3) is 0 Å². The molecule has 2 aromatic rings. The fraction of sp³-hybridized carbons (Fsp3) is 0.526. The molecule has 1 saturated heterocycles. The minimum absolute atomic E-state index is 0.650. The third kappa shape index (κ3) is 2.88. The maximum atomic E-state index is 6.01. The van der Waals surface area contributed by atoms with Crippen molar-refractivity contribution in [1.82, 2.24) is 20.3 Å². The minimum Gasteiger partial charge on any atom is -0.437 e. The fourth-order valence-corrected chi connectivity index (χ4v) is 4.22. The van der Waals surface area contributed by atoms with E-state index >= 15 is 0 Å². The van der Waals surface area contributed by atoms with Crippen LogP contribution in [-0.4, -0.2) is 28.0 Å². The van der Waals surface area contributed by atoms with Crippen LogP contribution in [0.5, 0.6) is 11.6 Å². The normalized spacial score (nSPS) is 25.7. The first kappa shape index (κ1) is 15.5. The van der Waals surface area contributed by atoms with E-state index < -0.39 is 0 Å². The van der Waals surface area contributed by atoms with E-state index in [9.17, 15) is 0 Å². The number of aryl methyl sites for hydroxylation is 1. The predicted molar refractivity (Wildman–Crippen MR) is 92.1 cm³/mol. The van der Waals surface area contributed by atoms with E-state index in [0.29, 0.717) is 5.88 Å². The molecule has 5 nitrogen and oxygen atoms in total. The predicted octanol–water partition coefficient (Wildman–Crippen LogP) is 3.07. The summed E-state index contributed by atoms with van der Waals surface area (Å²) in [6.45, 7) is 6.33. The molecule has 0 radical (unpaired) electrons. The van der Waals surface area contributed by atoms with E-state index in [4.69, 9.17) is 4.74 Å². The molecule has 5 heteroatoms. The van der Waals surface area contributed by atoms with Crippen LogP contribution < -0.4 is 10.1 Å². The van der Waals surface area contributed by atoms with Gasteiger partial charge in [0.15, 0.2) is 5.75 Å². The van der Waals surface area contributed by atoms with Crippen molar-refractivity contribution in [2.24, 2.45) is 17.8 Å². The molecule has 3 heterocycles. The summed E-state index contributed by atoms with van der Waals surface area (Å²) in [4.78, 5) is 13.2. The number of nitrogens with one attached hydrogen (secondary N) is 1. The van der Waals surface area contributed by atoms with Crippen LogP contribution in [-0.2, 0) is 6.42 Å². The van der Waals surface area contributed by atoms with Crippen LogP contribution in [0.3, 0.4) is 0 Å². The van der Waals surface area contributed by atoms with Crippen molar-refractivity contribution >= 4 is 0 Å². The van der Waals surface area contributed by atoms with Gasteiger partial charge in [0.05, 0.1) is 11.4 Å². The van der Waals surface area contributed by atoms with Gasteiger partial charge < -0.3 is 10.1 Å². The third-order valence-electron chi connectivity index (χ3n) is 5.67. The number of hydrogen-bond donors (Lipinski definition) is 1. The van der Waals surface area contributed by atoms with Gasteiger partial charge in [0.1, 0.15) is 6.33 Å². The van der Waals surface area contributed by atoms with E-state index in [1.807, 2.05) is 19.1 Å². The molecule has 1 aliphatic carbocycles. The molecule has 2 fully saturated rings. The molecule has 2 atom stereocenters. The quantitative estimate of drug-likeness (QED) is 0.936. The Morgan fingerprint density at radius 3 is 2.67 bits per heavy atom. The molecule has 24 heavy (non-hydrogen) atoms. The van der Waals surface area contributed by atoms with Gasteiger partial charge in [-0.15, -0.1) is 0 Å². The van der Waals surface area contributed by atoms with Gasteiger partial charge in [-0.05, 0) is 76.1 Å². The Morgan fingerprint density at radius 1 is 1.12 bits per heavy atom. The molecule has 1 saturated carbocycles. The fourth-order valence-electron chi connectivity index (χ4n) is 4.22. The smallest absolute Gasteiger partial charge is 0.225 e. The topological polar surface area (TPSA) is 59.9 Å². The first-order valence-electron chi connectivity index (χ1n) is 8.83. The number of ether oxygens (including phenoxy) is 1. The number of hydrogen-bond acceptors (Lipinski definition) is 5. The summed E-state index contributed by atoms with van der Waals surface area (Å²) in [6, 6.07) is 3.81. The Labute approximate surface area is 142 Å². The van der Waals surface area contributed by atoms with Crippen LogP contribution in [0, 0.1) is 31.6 Å². The summed E-state index contributed by atoms with van der Waals surface area (Å²) in [5, 5.41) is 3.56. The summed E-state index contributed by atoms with van der Waals surface area (Å²) in [7, 11) is 0. The van der Waals surface area contributed by atoms with E-state index in [-0.39, 0.29) is 0 Å². The number of aromatic nitrogens is 3. The van der Waals surface area contributed by atoms with Gasteiger partial charge in [-0.2, -0.15) is 0 Å². The summed E-state index contributed by atoms with van der Waals surface area (Å²) in [5.74, 6) is 3.74. The summed E-state index contributed by atoms with van der Waals surface area (Å²) >= 11 is 0. The standard InChI is InChI=1S/C19H24N4O/c1-12-17(8-16-14-5-6-15(16)10-20-9-14)22-11-23-19(12)24-18-4-3-7-21-13(18)2/h3-4,7,11,14-16,20H,5-6,8-10H2,1-2H3. The average Bonchev–Trinajstić information content (AvgIpc) is 2.81. The molecule has 0 spiro atoms. The second-order valence-electron chi connectivity index (χ2n) is 7.06. The largest absolute Gasteiger partial charge is 0.437 e. The Morgan fingerprint density at radius 2 is 1.92 bits per heavy atom. The van der Waals surface area contributed by atoms with Crippen LogP contribution >= 0.6 is 0 Å². The Hall–Kier alpha value is -2.01. The number of rotatable bonds is 4. The molecule has 2 unspecified atom stereocenters. The number of nitrogens with zero attached hydrogens (tertiary/aromatic N) is 3. The lowest BCUT2D eigenvalue weighted by molar-refractivity contribution is 0.242. The van der Waals surface area contributed by atoms with Crippen molar-refractivity contribution in [3.63, 3.8) is 0 Å². The third-order valence-corrected chi connectivity index (χ3v) is 5.67. The van der Waals surface area contributed by atoms with Gasteiger partial charge in [0, 0.05) is 11.8 Å². The molecule has 2 aliphatic rings. The number of fused-ring (bicyclic) bond motifs is 2. The molecular formula is C19H24N4O. The molecule has 126 valence electrons. The van der Waals surface area contributed by atoms with Crippen LogP contribution in [0.1, 0.15) is 29.8 Å². The van der Waals surface area contributed by atoms with Crippen LogP contribution in [0.4, 0.5) is 0 Å². The highest BCUT2D eigenvalue weighted by molar-refractivity contribution is 5.35. The Kier molecular flexibility index (Phi) is 4.19. The van der Waals surface area contributed by atoms with Crippen molar-refractivity contribution < 1.29 is 4.74 Å². The van der Waals surface area contributed by atoms with Crippen LogP contribution in [0.15, 0.2) is 24.7 Å². The molecule has 1 N–H and O–H groups in total. The lowest BCUT2D eigenvalue weighted by atomic mass is 9.82. The second-order valence-corrected chi connectivity index (χ2v) is 7.06. The highest BCUT2D eigenvalue weighted by Gasteiger charge is 2.39. The monoisotopic (exact) mass is 324 g/mol. The highest BCUT2D eigenvalue weighted by atomic mass is 16.5. The maximum Gasteiger partial charge on any atom is 0.225 e. The lowest BCUT2D eigenvalue weighted by Crippen LogP contribution is -2.39. The Balaban J connectivity index is 1.56. The summed E-state index contributed by atoms with van der Waals surface area (Å²) < 4.78 is 6.01. The summed E-state index contributed by atoms with van der Waals surface area (Å²) in [6.07, 6.45) is 7.14. The zero-order valence-electron chi connectivity index (χ0n) is 14.3. The van der Waals surface area contributed by atoms with Crippen molar-refractivity contribution in [2.45, 2.75) is 33.1 Å². The number of pyridine rings is 1. The van der Waals surface area contributed by atoms with Gasteiger partial charge in [-0.1, -0.05) is 0 Å². The van der Waals surface area contributed by atoms with Crippen molar-refractivity contribution in [3.8, 4) is 11.6 Å². The van der Waals surface area contributed by atoms with Crippen molar-refractivity contribution in [1.29, 1.82) is 0 Å². The zero-order chi connectivity index (χ0) is 16.5. The van der Waals surface area contributed by atoms with Gasteiger partial charge >= 0.3 is 0 Å². The van der Waals surface area contributed by atoms with E-state index in [0.717, 1.165) is 60.0 Å². The Bertz CT molecular complexity index is 717. The van der Waals surface area contributed by atoms with E-state index in [1.54, 1.807) is 12.5 Å². The average molecular weight is 324 g/mol. The second kappa shape index (κ2) is 6.48. The first-order valence-corrected chi connectivity index (χ1v) is 8.83. The molecule has 1 aliphatic heterocycles. The van der Waals surface area contributed by atoms with Crippen molar-refractivity contribution in [2.75, 3.05) is 13.1 Å². The molecule has 0 amide bonds. The van der Waals surface area contributed by atoms with Gasteiger partial charge in [-0.3, -0.25) is 4.98 Å². The van der Waals surface area contributed by atoms with E-state index in [2.05, 4.69) is 27.2 Å². The molecular weight excluding hydrogens is 300 g/mol. The number of piperidine rings is 1. The summed E-state index contributed by atoms with van der Waals surface area (Å²) in [5.41, 5.74) is 3.05. The minimum atomic E-state index is 0.650.